The molecule has 1 N–H and O–H groups in total. The molecule has 0 radical (unpaired) electrons. The summed E-state index contributed by atoms with van der Waals surface area (Å²) in [5, 5.41) is 1.96. The van der Waals surface area contributed by atoms with Crippen molar-refractivity contribution in [3.8, 4) is 11.5 Å². The highest BCUT2D eigenvalue weighted by Crippen LogP contribution is 2.40. The molecule has 1 amide bonds. The average Bonchev–Trinajstić information content (AvgIpc) is 2.96. The van der Waals surface area contributed by atoms with Crippen molar-refractivity contribution in [1.82, 2.24) is 0 Å². The molecule has 3 aromatic carbocycles. The van der Waals surface area contributed by atoms with Gasteiger partial charge in [-0.3, -0.25) is 5.32 Å². The maximum atomic E-state index is 13.1. The molecule has 3 rings (SSSR count). The molecular formula is C31H33F6NO4. The third-order valence-corrected chi connectivity index (χ3v) is 7.26. The Hall–Kier alpha value is -3.89. The van der Waals surface area contributed by atoms with Gasteiger partial charge < -0.3 is 14.2 Å². The molecule has 0 aliphatic heterocycles. The molecule has 42 heavy (non-hydrogen) atoms. The van der Waals surface area contributed by atoms with E-state index in [1.54, 1.807) is 26.2 Å². The maximum Gasteiger partial charge on any atom is 0.416 e. The fraction of sp³-hybridized carbons (Fsp3) is 0.387. The summed E-state index contributed by atoms with van der Waals surface area (Å²) in [7, 11) is 1.62. The van der Waals surface area contributed by atoms with Crippen LogP contribution in [0.15, 0.2) is 66.7 Å². The number of amides is 1. The van der Waals surface area contributed by atoms with Crippen LogP contribution in [0.3, 0.4) is 0 Å². The van der Waals surface area contributed by atoms with Crippen LogP contribution in [0, 0.1) is 0 Å². The Morgan fingerprint density at radius 3 is 1.62 bits per heavy atom. The van der Waals surface area contributed by atoms with E-state index in [0.717, 1.165) is 29.7 Å². The number of alkyl halides is 6. The van der Waals surface area contributed by atoms with Crippen molar-refractivity contribution in [1.29, 1.82) is 0 Å². The Morgan fingerprint density at radius 1 is 0.738 bits per heavy atom. The number of hydrogen-bond donors (Lipinski definition) is 1. The number of carbonyl (C=O) groups is 1. The van der Waals surface area contributed by atoms with Crippen LogP contribution in [-0.4, -0.2) is 25.9 Å². The number of hydrogen-bond acceptors (Lipinski definition) is 4. The topological polar surface area (TPSA) is 56.8 Å². The summed E-state index contributed by atoms with van der Waals surface area (Å²) in [4.78, 5) is 12.4. The van der Waals surface area contributed by atoms with Crippen LogP contribution in [0.2, 0.25) is 0 Å². The van der Waals surface area contributed by atoms with Crippen molar-refractivity contribution in [2.24, 2.45) is 0 Å². The standard InChI is InChI=1S/C31H33F6NO4/c1-5-25(42-28(39)38-24-17-22(30(32,33)34)16-23(18-24)31(35,36)37)19-41-27-14-10-21(11-15-27)29(6-2,7-3)20-8-12-26(40-4)13-9-20/h8-18,25H,5-7,19H2,1-4H3,(H,38,39). The minimum Gasteiger partial charge on any atom is -0.497 e. The van der Waals surface area contributed by atoms with Crippen molar-refractivity contribution in [2.45, 2.75) is 63.9 Å². The third kappa shape index (κ3) is 7.89. The van der Waals surface area contributed by atoms with Gasteiger partial charge in [0.05, 0.1) is 18.2 Å². The molecule has 0 aromatic heterocycles. The van der Waals surface area contributed by atoms with Crippen molar-refractivity contribution in [3.63, 3.8) is 0 Å². The number of rotatable bonds is 11. The lowest BCUT2D eigenvalue weighted by Crippen LogP contribution is -2.27. The summed E-state index contributed by atoms with van der Waals surface area (Å²) in [5.74, 6) is 1.27. The Balaban J connectivity index is 1.67. The highest BCUT2D eigenvalue weighted by Gasteiger charge is 2.37. The van der Waals surface area contributed by atoms with E-state index in [9.17, 15) is 31.1 Å². The van der Waals surface area contributed by atoms with E-state index in [4.69, 9.17) is 14.2 Å². The van der Waals surface area contributed by atoms with Crippen LogP contribution in [0.25, 0.3) is 0 Å². The average molecular weight is 598 g/mol. The zero-order valence-electron chi connectivity index (χ0n) is 23.7. The zero-order chi connectivity index (χ0) is 31.1. The van der Waals surface area contributed by atoms with E-state index in [-0.39, 0.29) is 24.5 Å². The molecule has 1 atom stereocenters. The van der Waals surface area contributed by atoms with Crippen LogP contribution in [0.5, 0.6) is 11.5 Å². The predicted molar refractivity (Wildman–Crippen MR) is 147 cm³/mol. The molecule has 11 heteroatoms. The molecule has 0 bridgehead atoms. The van der Waals surface area contributed by atoms with Crippen LogP contribution >= 0.6 is 0 Å². The quantitative estimate of drug-likeness (QED) is 0.224. The number of anilines is 1. The first-order valence-electron chi connectivity index (χ1n) is 13.4. The summed E-state index contributed by atoms with van der Waals surface area (Å²) in [6.07, 6.45) is -10.1. The van der Waals surface area contributed by atoms with Crippen LogP contribution in [0.1, 0.15) is 62.3 Å². The van der Waals surface area contributed by atoms with Crippen molar-refractivity contribution < 1.29 is 45.3 Å². The van der Waals surface area contributed by atoms with Gasteiger partial charge in [0.15, 0.2) is 0 Å². The van der Waals surface area contributed by atoms with E-state index in [1.165, 1.54) is 0 Å². The molecule has 0 aliphatic carbocycles. The van der Waals surface area contributed by atoms with Gasteiger partial charge in [-0.2, -0.15) is 26.3 Å². The minimum absolute atomic E-state index is 0.0213. The van der Waals surface area contributed by atoms with E-state index >= 15 is 0 Å². The lowest BCUT2D eigenvalue weighted by molar-refractivity contribution is -0.143. The zero-order valence-corrected chi connectivity index (χ0v) is 23.7. The minimum atomic E-state index is -5.04. The molecule has 0 heterocycles. The van der Waals surface area contributed by atoms with Crippen molar-refractivity contribution in [2.75, 3.05) is 19.0 Å². The first kappa shape index (κ1) is 32.6. The molecule has 3 aromatic rings. The first-order valence-corrected chi connectivity index (χ1v) is 13.4. The van der Waals surface area contributed by atoms with Gasteiger partial charge in [-0.15, -0.1) is 0 Å². The predicted octanol–water partition coefficient (Wildman–Crippen LogP) is 9.25. The Kier molecular flexibility index (Phi) is 10.4. The molecule has 228 valence electrons. The molecule has 0 aliphatic rings. The summed E-state index contributed by atoms with van der Waals surface area (Å²) in [6, 6.07) is 16.3. The lowest BCUT2D eigenvalue weighted by atomic mass is 9.70. The van der Waals surface area contributed by atoms with Crippen LogP contribution in [-0.2, 0) is 22.5 Å². The summed E-state index contributed by atoms with van der Waals surface area (Å²) < 4.78 is 95.0. The second kappa shape index (κ2) is 13.4. The number of carbonyl (C=O) groups excluding carboxylic acids is 1. The fourth-order valence-electron chi connectivity index (χ4n) is 4.76. The number of ether oxygens (including phenoxy) is 3. The molecule has 5 nitrogen and oxygen atoms in total. The largest absolute Gasteiger partial charge is 0.497 e. The van der Waals surface area contributed by atoms with E-state index in [1.807, 2.05) is 41.7 Å². The second-order valence-corrected chi connectivity index (χ2v) is 9.71. The number of benzene rings is 3. The van der Waals surface area contributed by atoms with E-state index < -0.39 is 41.4 Å². The number of nitrogens with one attached hydrogen (secondary N) is 1. The van der Waals surface area contributed by atoms with Crippen molar-refractivity contribution in [3.05, 3.63) is 89.0 Å². The van der Waals surface area contributed by atoms with Gasteiger partial charge in [0.1, 0.15) is 24.2 Å². The van der Waals surface area contributed by atoms with Gasteiger partial charge in [0.2, 0.25) is 0 Å². The molecule has 0 spiro atoms. The highest BCUT2D eigenvalue weighted by atomic mass is 19.4. The summed E-state index contributed by atoms with van der Waals surface area (Å²) in [5.41, 5.74) is -1.78. The molecule has 0 saturated heterocycles. The van der Waals surface area contributed by atoms with Crippen molar-refractivity contribution >= 4 is 11.8 Å². The van der Waals surface area contributed by atoms with Gasteiger partial charge in [-0.05, 0) is 72.9 Å². The lowest BCUT2D eigenvalue weighted by Gasteiger charge is -2.33. The molecule has 0 saturated carbocycles. The van der Waals surface area contributed by atoms with E-state index in [0.29, 0.717) is 17.9 Å². The third-order valence-electron chi connectivity index (χ3n) is 7.26. The van der Waals surface area contributed by atoms with E-state index in [2.05, 4.69) is 13.8 Å². The fourth-order valence-corrected chi connectivity index (χ4v) is 4.76. The second-order valence-electron chi connectivity index (χ2n) is 9.71. The Morgan fingerprint density at radius 2 is 1.21 bits per heavy atom. The Bertz CT molecular complexity index is 1280. The van der Waals surface area contributed by atoms with Gasteiger partial charge >= 0.3 is 18.4 Å². The highest BCUT2D eigenvalue weighted by molar-refractivity contribution is 5.85. The first-order chi connectivity index (χ1) is 19.7. The van der Waals surface area contributed by atoms with Gasteiger partial charge in [0, 0.05) is 11.1 Å². The number of halogens is 6. The normalized spacial score (nSPS) is 12.9. The van der Waals surface area contributed by atoms with Crippen LogP contribution in [0.4, 0.5) is 36.8 Å². The SMILES string of the molecule is CCC(COc1ccc(C(CC)(CC)c2ccc(OC)cc2)cc1)OC(=O)Nc1cc(C(F)(F)F)cc(C(F)(F)F)c1. The van der Waals surface area contributed by atoms with Crippen LogP contribution < -0.4 is 14.8 Å². The van der Waals surface area contributed by atoms with Gasteiger partial charge in [0.25, 0.3) is 0 Å². The Labute approximate surface area is 240 Å². The summed E-state index contributed by atoms with van der Waals surface area (Å²) in [6.45, 7) is 5.86. The molecule has 0 fully saturated rings. The maximum absolute atomic E-state index is 13.1. The number of methoxy groups -OCH3 is 1. The van der Waals surface area contributed by atoms with Gasteiger partial charge in [-0.1, -0.05) is 45.0 Å². The monoisotopic (exact) mass is 597 g/mol. The molecule has 1 unspecified atom stereocenters. The molecular weight excluding hydrogens is 564 g/mol. The summed E-state index contributed by atoms with van der Waals surface area (Å²) >= 11 is 0. The van der Waals surface area contributed by atoms with Gasteiger partial charge in [-0.25, -0.2) is 4.79 Å². The smallest absolute Gasteiger partial charge is 0.416 e.